The quantitative estimate of drug-likeness (QED) is 0.764. The molecule has 4 heteroatoms. The van der Waals surface area contributed by atoms with Crippen molar-refractivity contribution in [3.05, 3.63) is 84.1 Å². The van der Waals surface area contributed by atoms with Gasteiger partial charge in [0.25, 0.3) is 0 Å². The molecule has 0 radical (unpaired) electrons. The summed E-state index contributed by atoms with van der Waals surface area (Å²) in [6.07, 6.45) is 1.83. The molecule has 1 aromatic heterocycles. The summed E-state index contributed by atoms with van der Waals surface area (Å²) in [5.41, 5.74) is 10.2. The molecule has 0 atom stereocenters. The van der Waals surface area contributed by atoms with Crippen LogP contribution < -0.4 is 10.5 Å². The van der Waals surface area contributed by atoms with Gasteiger partial charge in [-0.25, -0.2) is 4.98 Å². The number of rotatable bonds is 5. The van der Waals surface area contributed by atoms with Crippen LogP contribution in [-0.2, 0) is 13.2 Å². The van der Waals surface area contributed by atoms with Crippen molar-refractivity contribution in [3.8, 4) is 17.0 Å². The third kappa shape index (κ3) is 4.31. The zero-order chi connectivity index (χ0) is 15.2. The molecule has 3 rings (SSSR count). The monoisotopic (exact) mass is 326 g/mol. The second-order valence-corrected chi connectivity index (χ2v) is 5.02. The number of halogens is 1. The fourth-order valence-corrected chi connectivity index (χ4v) is 2.34. The van der Waals surface area contributed by atoms with Crippen molar-refractivity contribution in [2.45, 2.75) is 13.2 Å². The summed E-state index contributed by atoms with van der Waals surface area (Å²) in [4.78, 5) is 4.38. The molecule has 2 N–H and O–H groups in total. The number of pyridine rings is 1. The Morgan fingerprint density at radius 1 is 0.870 bits per heavy atom. The van der Waals surface area contributed by atoms with Crippen molar-refractivity contribution in [3.63, 3.8) is 0 Å². The van der Waals surface area contributed by atoms with Gasteiger partial charge in [0.1, 0.15) is 6.61 Å². The largest absolute Gasteiger partial charge is 0.473 e. The van der Waals surface area contributed by atoms with Gasteiger partial charge in [-0.05, 0) is 22.8 Å². The second kappa shape index (κ2) is 8.32. The molecule has 0 aliphatic rings. The van der Waals surface area contributed by atoms with Crippen molar-refractivity contribution in [2.75, 3.05) is 0 Å². The van der Waals surface area contributed by atoms with Crippen LogP contribution in [0.2, 0.25) is 0 Å². The zero-order valence-corrected chi connectivity index (χ0v) is 13.5. The Labute approximate surface area is 142 Å². The zero-order valence-electron chi connectivity index (χ0n) is 12.7. The third-order valence-corrected chi connectivity index (χ3v) is 3.51. The second-order valence-electron chi connectivity index (χ2n) is 5.02. The molecule has 0 saturated carbocycles. The first-order valence-electron chi connectivity index (χ1n) is 7.28. The number of hydrogen-bond donors (Lipinski definition) is 1. The molecule has 118 valence electrons. The number of nitrogens with zero attached hydrogens (tertiary/aromatic N) is 1. The van der Waals surface area contributed by atoms with Crippen LogP contribution in [0, 0.1) is 0 Å². The van der Waals surface area contributed by atoms with Crippen LogP contribution in [0.25, 0.3) is 11.1 Å². The average molecular weight is 327 g/mol. The fourth-order valence-electron chi connectivity index (χ4n) is 2.34. The van der Waals surface area contributed by atoms with Crippen molar-refractivity contribution in [1.29, 1.82) is 0 Å². The Hall–Kier alpha value is -2.36. The van der Waals surface area contributed by atoms with Gasteiger partial charge in [0.15, 0.2) is 0 Å². The standard InChI is InChI=1S/C19H18N2O.ClH/c20-12-16-8-4-5-9-18(16)17-10-11-19(21-13-17)22-14-15-6-2-1-3-7-15;/h1-11,13H,12,14,20H2;1H. The van der Waals surface area contributed by atoms with E-state index in [2.05, 4.69) is 11.1 Å². The summed E-state index contributed by atoms with van der Waals surface area (Å²) < 4.78 is 5.70. The van der Waals surface area contributed by atoms with Gasteiger partial charge >= 0.3 is 0 Å². The SMILES string of the molecule is Cl.NCc1ccccc1-c1ccc(OCc2ccccc2)nc1. The van der Waals surface area contributed by atoms with Gasteiger partial charge in [-0.15, -0.1) is 12.4 Å². The Morgan fingerprint density at radius 3 is 2.30 bits per heavy atom. The summed E-state index contributed by atoms with van der Waals surface area (Å²) in [7, 11) is 0. The molecule has 2 aromatic carbocycles. The van der Waals surface area contributed by atoms with Crippen molar-refractivity contribution < 1.29 is 4.74 Å². The number of ether oxygens (including phenoxy) is 1. The molecule has 0 bridgehead atoms. The molecule has 0 aliphatic carbocycles. The maximum absolute atomic E-state index is 5.78. The highest BCUT2D eigenvalue weighted by molar-refractivity contribution is 5.85. The van der Waals surface area contributed by atoms with E-state index in [9.17, 15) is 0 Å². The van der Waals surface area contributed by atoms with Gasteiger partial charge in [0, 0.05) is 24.4 Å². The van der Waals surface area contributed by atoms with Crippen LogP contribution in [0.1, 0.15) is 11.1 Å². The molecule has 0 amide bonds. The smallest absolute Gasteiger partial charge is 0.213 e. The highest BCUT2D eigenvalue weighted by Gasteiger charge is 2.04. The van der Waals surface area contributed by atoms with Crippen molar-refractivity contribution in [2.24, 2.45) is 5.73 Å². The fraction of sp³-hybridized carbons (Fsp3) is 0.105. The molecule has 0 saturated heterocycles. The highest BCUT2D eigenvalue weighted by Crippen LogP contribution is 2.24. The van der Waals surface area contributed by atoms with Crippen LogP contribution in [0.15, 0.2) is 72.9 Å². The van der Waals surface area contributed by atoms with E-state index in [1.807, 2.05) is 66.9 Å². The lowest BCUT2D eigenvalue weighted by atomic mass is 10.0. The van der Waals surface area contributed by atoms with E-state index in [1.165, 1.54) is 0 Å². The Bertz CT molecular complexity index is 730. The summed E-state index contributed by atoms with van der Waals surface area (Å²) in [5, 5.41) is 0. The highest BCUT2D eigenvalue weighted by atomic mass is 35.5. The van der Waals surface area contributed by atoms with Crippen LogP contribution in [-0.4, -0.2) is 4.98 Å². The van der Waals surface area contributed by atoms with Gasteiger partial charge in [-0.2, -0.15) is 0 Å². The average Bonchev–Trinajstić information content (AvgIpc) is 2.61. The molecule has 0 spiro atoms. The van der Waals surface area contributed by atoms with E-state index in [1.54, 1.807) is 0 Å². The Kier molecular flexibility index (Phi) is 6.15. The number of aromatic nitrogens is 1. The van der Waals surface area contributed by atoms with Crippen LogP contribution in [0.4, 0.5) is 0 Å². The minimum atomic E-state index is 0. The molecule has 1 heterocycles. The van der Waals surface area contributed by atoms with Crippen molar-refractivity contribution in [1.82, 2.24) is 4.98 Å². The lowest BCUT2D eigenvalue weighted by Crippen LogP contribution is -1.99. The normalized spacial score (nSPS) is 9.96. The first-order valence-corrected chi connectivity index (χ1v) is 7.28. The minimum Gasteiger partial charge on any atom is -0.473 e. The number of benzene rings is 2. The number of hydrogen-bond acceptors (Lipinski definition) is 3. The summed E-state index contributed by atoms with van der Waals surface area (Å²) in [6.45, 7) is 1.04. The minimum absolute atomic E-state index is 0. The molecule has 0 aliphatic heterocycles. The van der Waals surface area contributed by atoms with E-state index in [0.29, 0.717) is 19.0 Å². The van der Waals surface area contributed by atoms with E-state index >= 15 is 0 Å². The molecular weight excluding hydrogens is 308 g/mol. The summed E-state index contributed by atoms with van der Waals surface area (Å²) in [5.74, 6) is 0.623. The van der Waals surface area contributed by atoms with Gasteiger partial charge in [0.2, 0.25) is 5.88 Å². The molecule has 23 heavy (non-hydrogen) atoms. The maximum atomic E-state index is 5.78. The Morgan fingerprint density at radius 2 is 1.61 bits per heavy atom. The predicted octanol–water partition coefficient (Wildman–Crippen LogP) is 4.21. The van der Waals surface area contributed by atoms with Gasteiger partial charge in [-0.3, -0.25) is 0 Å². The van der Waals surface area contributed by atoms with Crippen LogP contribution in [0.3, 0.4) is 0 Å². The molecule has 3 aromatic rings. The van der Waals surface area contributed by atoms with E-state index in [-0.39, 0.29) is 12.4 Å². The topological polar surface area (TPSA) is 48.1 Å². The van der Waals surface area contributed by atoms with Gasteiger partial charge in [0.05, 0.1) is 0 Å². The maximum Gasteiger partial charge on any atom is 0.213 e. The van der Waals surface area contributed by atoms with Gasteiger partial charge in [-0.1, -0.05) is 54.6 Å². The van der Waals surface area contributed by atoms with E-state index < -0.39 is 0 Å². The lowest BCUT2D eigenvalue weighted by molar-refractivity contribution is 0.294. The number of nitrogens with two attached hydrogens (primary N) is 1. The Balaban J connectivity index is 0.00000192. The van der Waals surface area contributed by atoms with Crippen molar-refractivity contribution >= 4 is 12.4 Å². The first kappa shape index (κ1) is 17.0. The predicted molar refractivity (Wildman–Crippen MR) is 95.6 cm³/mol. The van der Waals surface area contributed by atoms with Crippen LogP contribution >= 0.6 is 12.4 Å². The molecule has 3 nitrogen and oxygen atoms in total. The summed E-state index contributed by atoms with van der Waals surface area (Å²) >= 11 is 0. The van der Waals surface area contributed by atoms with E-state index in [4.69, 9.17) is 10.5 Å². The lowest BCUT2D eigenvalue weighted by Gasteiger charge is -2.09. The molecule has 0 unspecified atom stereocenters. The third-order valence-electron chi connectivity index (χ3n) is 3.51. The summed E-state index contributed by atoms with van der Waals surface area (Å²) in [6, 6.07) is 22.1. The molecular formula is C19H19ClN2O. The van der Waals surface area contributed by atoms with E-state index in [0.717, 1.165) is 22.3 Å². The van der Waals surface area contributed by atoms with Gasteiger partial charge < -0.3 is 10.5 Å². The first-order chi connectivity index (χ1) is 10.9. The molecule has 0 fully saturated rings. The van der Waals surface area contributed by atoms with Crippen LogP contribution in [0.5, 0.6) is 5.88 Å².